The normalized spacial score (nSPS) is 13.1. The average Bonchev–Trinajstić information content (AvgIpc) is 3.07. The van der Waals surface area contributed by atoms with Gasteiger partial charge in [0, 0.05) is 0 Å². The van der Waals surface area contributed by atoms with E-state index in [0.29, 0.717) is 22.4 Å². The second-order valence-electron chi connectivity index (χ2n) is 7.46. The van der Waals surface area contributed by atoms with Gasteiger partial charge in [-0.25, -0.2) is 4.79 Å². The van der Waals surface area contributed by atoms with E-state index in [4.69, 9.17) is 13.9 Å². The second-order valence-corrected chi connectivity index (χ2v) is 7.46. The zero-order chi connectivity index (χ0) is 22.5. The highest BCUT2D eigenvalue weighted by atomic mass is 16.5. The van der Waals surface area contributed by atoms with Crippen molar-refractivity contribution >= 4 is 23.0 Å². The van der Waals surface area contributed by atoms with Gasteiger partial charge in [0.2, 0.25) is 5.91 Å². The van der Waals surface area contributed by atoms with Gasteiger partial charge >= 0.3 is 11.7 Å². The molecule has 2 unspecified atom stereocenters. The summed E-state index contributed by atoms with van der Waals surface area (Å²) in [6.45, 7) is 5.13. The lowest BCUT2D eigenvalue weighted by Crippen LogP contribution is -2.37. The topological polar surface area (TPSA) is 99.8 Å². The standard InChI is InChI=1S/C23H26N2O6/c1-14(2)30-21(26)13-18(16-9-11-17(29-4)12-10-16)24-22(27)15(3)25-19-7-5-6-8-20(19)31-23(25)28/h5-12,14-15,18H,13H2,1-4H3,(H,24,27). The van der Waals surface area contributed by atoms with E-state index < -0.39 is 29.7 Å². The molecule has 164 valence electrons. The lowest BCUT2D eigenvalue weighted by molar-refractivity contribution is -0.148. The number of carbonyl (C=O) groups is 2. The summed E-state index contributed by atoms with van der Waals surface area (Å²) >= 11 is 0. The number of oxazole rings is 1. The number of amides is 1. The molecule has 2 atom stereocenters. The summed E-state index contributed by atoms with van der Waals surface area (Å²) in [5, 5.41) is 2.87. The third-order valence-electron chi connectivity index (χ3n) is 4.86. The first kappa shape index (κ1) is 22.1. The minimum atomic E-state index is -0.849. The number of para-hydroxylation sites is 2. The number of nitrogens with zero attached hydrogens (tertiary/aromatic N) is 1. The van der Waals surface area contributed by atoms with Crippen molar-refractivity contribution in [2.75, 3.05) is 7.11 Å². The van der Waals surface area contributed by atoms with Crippen molar-refractivity contribution in [3.05, 3.63) is 64.6 Å². The second kappa shape index (κ2) is 9.51. The van der Waals surface area contributed by atoms with Crippen LogP contribution in [-0.2, 0) is 14.3 Å². The summed E-state index contributed by atoms with van der Waals surface area (Å²) < 4.78 is 17.0. The van der Waals surface area contributed by atoms with Crippen molar-refractivity contribution in [1.29, 1.82) is 0 Å². The Labute approximate surface area is 179 Å². The fourth-order valence-corrected chi connectivity index (χ4v) is 3.33. The van der Waals surface area contributed by atoms with Crippen LogP contribution in [0, 0.1) is 0 Å². The van der Waals surface area contributed by atoms with Gasteiger partial charge in [0.25, 0.3) is 0 Å². The first-order valence-corrected chi connectivity index (χ1v) is 10.0. The van der Waals surface area contributed by atoms with Crippen LogP contribution in [0.25, 0.3) is 11.1 Å². The van der Waals surface area contributed by atoms with Crippen molar-refractivity contribution in [1.82, 2.24) is 9.88 Å². The number of hydrogen-bond donors (Lipinski definition) is 1. The molecule has 1 heterocycles. The van der Waals surface area contributed by atoms with Crippen LogP contribution < -0.4 is 15.8 Å². The highest BCUT2D eigenvalue weighted by molar-refractivity contribution is 5.84. The number of nitrogens with one attached hydrogen (secondary N) is 1. The maximum absolute atomic E-state index is 13.1. The van der Waals surface area contributed by atoms with Crippen molar-refractivity contribution < 1.29 is 23.5 Å². The molecule has 0 saturated carbocycles. The van der Waals surface area contributed by atoms with E-state index in [9.17, 15) is 14.4 Å². The van der Waals surface area contributed by atoms with Gasteiger partial charge in [0.05, 0.1) is 31.2 Å². The molecule has 1 amide bonds. The SMILES string of the molecule is COc1ccc(C(CC(=O)OC(C)C)NC(=O)C(C)n2c(=O)oc3ccccc32)cc1. The quantitative estimate of drug-likeness (QED) is 0.555. The largest absolute Gasteiger partial charge is 0.497 e. The number of esters is 1. The van der Waals surface area contributed by atoms with E-state index >= 15 is 0 Å². The van der Waals surface area contributed by atoms with Crippen LogP contribution in [0.3, 0.4) is 0 Å². The molecule has 0 aliphatic carbocycles. The first-order chi connectivity index (χ1) is 14.8. The molecule has 0 aliphatic heterocycles. The number of carbonyl (C=O) groups excluding carboxylic acids is 2. The highest BCUT2D eigenvalue weighted by Crippen LogP contribution is 2.23. The molecule has 8 heteroatoms. The minimum Gasteiger partial charge on any atom is -0.497 e. The Kier molecular flexibility index (Phi) is 6.79. The molecule has 0 aliphatic rings. The summed E-state index contributed by atoms with van der Waals surface area (Å²) in [4.78, 5) is 37.7. The third-order valence-corrected chi connectivity index (χ3v) is 4.86. The van der Waals surface area contributed by atoms with Gasteiger partial charge in [-0.3, -0.25) is 14.2 Å². The van der Waals surface area contributed by atoms with Crippen molar-refractivity contribution in [3.8, 4) is 5.75 Å². The molecule has 1 aromatic heterocycles. The summed E-state index contributed by atoms with van der Waals surface area (Å²) in [6.07, 6.45) is -0.321. The molecule has 2 aromatic carbocycles. The molecule has 0 radical (unpaired) electrons. The van der Waals surface area contributed by atoms with Crippen molar-refractivity contribution in [3.63, 3.8) is 0 Å². The highest BCUT2D eigenvalue weighted by Gasteiger charge is 2.26. The zero-order valence-corrected chi connectivity index (χ0v) is 18.0. The molecular formula is C23H26N2O6. The van der Waals surface area contributed by atoms with Crippen LogP contribution in [0.5, 0.6) is 5.75 Å². The molecule has 8 nitrogen and oxygen atoms in total. The van der Waals surface area contributed by atoms with Crippen LogP contribution in [0.1, 0.15) is 44.8 Å². The maximum atomic E-state index is 13.1. The van der Waals surface area contributed by atoms with Gasteiger partial charge in [-0.1, -0.05) is 24.3 Å². The molecule has 0 saturated heterocycles. The maximum Gasteiger partial charge on any atom is 0.420 e. The summed E-state index contributed by atoms with van der Waals surface area (Å²) in [7, 11) is 1.56. The van der Waals surface area contributed by atoms with E-state index in [1.165, 1.54) is 4.57 Å². The van der Waals surface area contributed by atoms with E-state index in [2.05, 4.69) is 5.32 Å². The fraction of sp³-hybridized carbons (Fsp3) is 0.348. The lowest BCUT2D eigenvalue weighted by Gasteiger charge is -2.22. The van der Waals surface area contributed by atoms with Gasteiger partial charge in [-0.05, 0) is 50.6 Å². The van der Waals surface area contributed by atoms with Gasteiger partial charge in [-0.15, -0.1) is 0 Å². The van der Waals surface area contributed by atoms with Gasteiger partial charge < -0.3 is 19.2 Å². The van der Waals surface area contributed by atoms with Crippen LogP contribution >= 0.6 is 0 Å². The van der Waals surface area contributed by atoms with Crippen LogP contribution in [-0.4, -0.2) is 29.7 Å². The van der Waals surface area contributed by atoms with Crippen LogP contribution in [0.2, 0.25) is 0 Å². The van der Waals surface area contributed by atoms with Gasteiger partial charge in [0.15, 0.2) is 5.58 Å². The molecule has 0 fully saturated rings. The molecular weight excluding hydrogens is 400 g/mol. The molecule has 31 heavy (non-hydrogen) atoms. The Morgan fingerprint density at radius 1 is 1.06 bits per heavy atom. The van der Waals surface area contributed by atoms with Crippen molar-refractivity contribution in [2.45, 2.75) is 45.4 Å². The molecule has 1 N–H and O–H groups in total. The zero-order valence-electron chi connectivity index (χ0n) is 18.0. The lowest BCUT2D eigenvalue weighted by atomic mass is 10.0. The van der Waals surface area contributed by atoms with E-state index in [-0.39, 0.29) is 12.5 Å². The monoisotopic (exact) mass is 426 g/mol. The molecule has 3 aromatic rings. The number of benzene rings is 2. The fourth-order valence-electron chi connectivity index (χ4n) is 3.33. The molecule has 0 spiro atoms. The summed E-state index contributed by atoms with van der Waals surface area (Å²) in [6, 6.07) is 12.5. The summed E-state index contributed by atoms with van der Waals surface area (Å²) in [5.74, 6) is -0.825. The Hall–Kier alpha value is -3.55. The number of methoxy groups -OCH3 is 1. The number of ether oxygens (including phenoxy) is 2. The average molecular weight is 426 g/mol. The number of fused-ring (bicyclic) bond motifs is 1. The van der Waals surface area contributed by atoms with Crippen LogP contribution in [0.15, 0.2) is 57.7 Å². The predicted molar refractivity (Wildman–Crippen MR) is 115 cm³/mol. The van der Waals surface area contributed by atoms with E-state index in [0.717, 1.165) is 0 Å². The van der Waals surface area contributed by atoms with E-state index in [1.54, 1.807) is 76.4 Å². The van der Waals surface area contributed by atoms with Crippen LogP contribution in [0.4, 0.5) is 0 Å². The first-order valence-electron chi connectivity index (χ1n) is 10.0. The Morgan fingerprint density at radius 3 is 2.39 bits per heavy atom. The van der Waals surface area contributed by atoms with Gasteiger partial charge in [0.1, 0.15) is 11.8 Å². The van der Waals surface area contributed by atoms with E-state index in [1.807, 2.05) is 0 Å². The predicted octanol–water partition coefficient (Wildman–Crippen LogP) is 3.36. The van der Waals surface area contributed by atoms with Crippen molar-refractivity contribution in [2.24, 2.45) is 0 Å². The summed E-state index contributed by atoms with van der Waals surface area (Å²) in [5.41, 5.74) is 1.64. The minimum absolute atomic E-state index is 0.0516. The molecule has 0 bridgehead atoms. The number of hydrogen-bond acceptors (Lipinski definition) is 6. The van der Waals surface area contributed by atoms with Gasteiger partial charge in [-0.2, -0.15) is 0 Å². The Balaban J connectivity index is 1.86. The number of rotatable bonds is 8. The third kappa shape index (κ3) is 5.14. The Bertz CT molecular complexity index is 1110. The number of aromatic nitrogens is 1. The smallest absolute Gasteiger partial charge is 0.420 e. The Morgan fingerprint density at radius 2 is 1.74 bits per heavy atom. The molecule has 3 rings (SSSR count).